The zero-order chi connectivity index (χ0) is 16.8. The van der Waals surface area contributed by atoms with E-state index in [2.05, 4.69) is 5.10 Å². The van der Waals surface area contributed by atoms with E-state index in [4.69, 9.17) is 21.1 Å². The van der Waals surface area contributed by atoms with Crippen molar-refractivity contribution >= 4 is 23.5 Å². The molecule has 0 fully saturated rings. The van der Waals surface area contributed by atoms with Gasteiger partial charge in [0.2, 0.25) is 0 Å². The number of hydrogen-bond donors (Lipinski definition) is 0. The summed E-state index contributed by atoms with van der Waals surface area (Å²) in [7, 11) is 3.48. The molecule has 0 saturated heterocycles. The van der Waals surface area contributed by atoms with Crippen molar-refractivity contribution in [2.45, 2.75) is 20.0 Å². The van der Waals surface area contributed by atoms with Gasteiger partial charge in [0, 0.05) is 7.05 Å². The van der Waals surface area contributed by atoms with Crippen LogP contribution < -0.4 is 14.5 Å². The van der Waals surface area contributed by atoms with Crippen LogP contribution in [0.5, 0.6) is 11.5 Å². The highest BCUT2D eigenvalue weighted by Crippen LogP contribution is 2.36. The zero-order valence-electron chi connectivity index (χ0n) is 13.8. The fourth-order valence-corrected chi connectivity index (χ4v) is 2.29. The van der Waals surface area contributed by atoms with E-state index in [1.54, 1.807) is 18.3 Å². The van der Waals surface area contributed by atoms with Gasteiger partial charge in [0.15, 0.2) is 11.5 Å². The molecule has 0 bridgehead atoms. The third-order valence-electron chi connectivity index (χ3n) is 3.12. The van der Waals surface area contributed by atoms with Crippen molar-refractivity contribution in [2.75, 3.05) is 19.2 Å². The SMILES string of the molecule is COc1cc(/C=N\N(C)c2ccccc2)cc(Cl)c1OC(C)C. The molecule has 0 unspecified atom stereocenters. The molecule has 0 aliphatic rings. The smallest absolute Gasteiger partial charge is 0.180 e. The maximum Gasteiger partial charge on any atom is 0.180 e. The summed E-state index contributed by atoms with van der Waals surface area (Å²) in [6.45, 7) is 3.89. The molecule has 4 nitrogen and oxygen atoms in total. The second kappa shape index (κ2) is 7.88. The van der Waals surface area contributed by atoms with E-state index in [0.29, 0.717) is 16.5 Å². The number of ether oxygens (including phenoxy) is 2. The van der Waals surface area contributed by atoms with Gasteiger partial charge >= 0.3 is 0 Å². The van der Waals surface area contributed by atoms with Gasteiger partial charge in [-0.2, -0.15) is 5.10 Å². The highest BCUT2D eigenvalue weighted by molar-refractivity contribution is 6.32. The maximum absolute atomic E-state index is 6.31. The third-order valence-corrected chi connectivity index (χ3v) is 3.40. The van der Waals surface area contributed by atoms with Gasteiger partial charge < -0.3 is 9.47 Å². The Morgan fingerprint density at radius 1 is 1.17 bits per heavy atom. The number of anilines is 1. The lowest BCUT2D eigenvalue weighted by Gasteiger charge is -2.16. The normalized spacial score (nSPS) is 11.0. The number of halogens is 1. The lowest BCUT2D eigenvalue weighted by molar-refractivity contribution is 0.230. The minimum absolute atomic E-state index is 0.0186. The molecular formula is C18H21ClN2O2. The Hall–Kier alpha value is -2.20. The topological polar surface area (TPSA) is 34.1 Å². The number of rotatable bonds is 6. The molecule has 5 heteroatoms. The summed E-state index contributed by atoms with van der Waals surface area (Å²) < 4.78 is 11.1. The van der Waals surface area contributed by atoms with Crippen LogP contribution in [0.4, 0.5) is 5.69 Å². The summed E-state index contributed by atoms with van der Waals surface area (Å²) in [6.07, 6.45) is 1.76. The van der Waals surface area contributed by atoms with E-state index < -0.39 is 0 Å². The summed E-state index contributed by atoms with van der Waals surface area (Å²) in [5.74, 6) is 1.15. The summed E-state index contributed by atoms with van der Waals surface area (Å²) in [5.41, 5.74) is 1.84. The Morgan fingerprint density at radius 3 is 2.48 bits per heavy atom. The van der Waals surface area contributed by atoms with Gasteiger partial charge in [0.25, 0.3) is 0 Å². The molecule has 122 valence electrons. The van der Waals surface area contributed by atoms with Crippen LogP contribution in [0.1, 0.15) is 19.4 Å². The predicted molar refractivity (Wildman–Crippen MR) is 96.2 cm³/mol. The van der Waals surface area contributed by atoms with Crippen molar-refractivity contribution in [1.29, 1.82) is 0 Å². The van der Waals surface area contributed by atoms with Crippen LogP contribution in [-0.4, -0.2) is 26.5 Å². The first-order chi connectivity index (χ1) is 11.0. The zero-order valence-corrected chi connectivity index (χ0v) is 14.5. The van der Waals surface area contributed by atoms with Gasteiger partial charge in [0.05, 0.1) is 30.1 Å². The van der Waals surface area contributed by atoms with Gasteiger partial charge in [-0.15, -0.1) is 0 Å². The number of methoxy groups -OCH3 is 1. The van der Waals surface area contributed by atoms with E-state index in [0.717, 1.165) is 11.3 Å². The van der Waals surface area contributed by atoms with Crippen LogP contribution in [0.3, 0.4) is 0 Å². The highest BCUT2D eigenvalue weighted by atomic mass is 35.5. The molecule has 0 heterocycles. The van der Waals surface area contributed by atoms with Crippen molar-refractivity contribution < 1.29 is 9.47 Å². The largest absolute Gasteiger partial charge is 0.493 e. The molecule has 0 radical (unpaired) electrons. The highest BCUT2D eigenvalue weighted by Gasteiger charge is 2.13. The summed E-state index contributed by atoms with van der Waals surface area (Å²) >= 11 is 6.31. The van der Waals surface area contributed by atoms with Gasteiger partial charge in [-0.05, 0) is 43.7 Å². The third kappa shape index (κ3) is 4.63. The molecule has 0 amide bonds. The Labute approximate surface area is 142 Å². The first kappa shape index (κ1) is 17.2. The van der Waals surface area contributed by atoms with Crippen LogP contribution in [0, 0.1) is 0 Å². The molecule has 0 atom stereocenters. The molecule has 0 saturated carbocycles. The summed E-state index contributed by atoms with van der Waals surface area (Å²) in [4.78, 5) is 0. The maximum atomic E-state index is 6.31. The van der Waals surface area contributed by atoms with Crippen LogP contribution in [-0.2, 0) is 0 Å². The minimum Gasteiger partial charge on any atom is -0.493 e. The standard InChI is InChI=1S/C18H21ClN2O2/c1-13(2)23-18-16(19)10-14(11-17(18)22-4)12-20-21(3)15-8-6-5-7-9-15/h5-13H,1-4H3/b20-12-. The second-order valence-electron chi connectivity index (χ2n) is 5.30. The van der Waals surface area contributed by atoms with Gasteiger partial charge in [-0.3, -0.25) is 5.01 Å². The van der Waals surface area contributed by atoms with E-state index in [1.165, 1.54) is 0 Å². The van der Waals surface area contributed by atoms with Crippen LogP contribution in [0.25, 0.3) is 0 Å². The fraction of sp³-hybridized carbons (Fsp3) is 0.278. The molecule has 2 aromatic carbocycles. The lowest BCUT2D eigenvalue weighted by Crippen LogP contribution is -2.09. The van der Waals surface area contributed by atoms with Gasteiger partial charge in [-0.1, -0.05) is 29.8 Å². The molecule has 2 aromatic rings. The average Bonchev–Trinajstić information content (AvgIpc) is 2.55. The molecule has 0 aliphatic carbocycles. The quantitative estimate of drug-likeness (QED) is 0.572. The molecule has 0 aromatic heterocycles. The average molecular weight is 333 g/mol. The van der Waals surface area contributed by atoms with E-state index in [1.807, 2.05) is 63.4 Å². The number of para-hydroxylation sites is 1. The monoisotopic (exact) mass is 332 g/mol. The van der Waals surface area contributed by atoms with Crippen LogP contribution >= 0.6 is 11.6 Å². The Kier molecular flexibility index (Phi) is 5.88. The molecule has 2 rings (SSSR count). The summed E-state index contributed by atoms with van der Waals surface area (Å²) in [6, 6.07) is 13.6. The second-order valence-corrected chi connectivity index (χ2v) is 5.71. The van der Waals surface area contributed by atoms with Gasteiger partial charge in [0.1, 0.15) is 0 Å². The molecule has 0 spiro atoms. The fourth-order valence-electron chi connectivity index (χ4n) is 2.03. The first-order valence-electron chi connectivity index (χ1n) is 7.38. The van der Waals surface area contributed by atoms with Crippen molar-refractivity contribution in [2.24, 2.45) is 5.10 Å². The summed E-state index contributed by atoms with van der Waals surface area (Å²) in [5, 5.41) is 6.72. The predicted octanol–water partition coefficient (Wildman–Crippen LogP) is 4.61. The van der Waals surface area contributed by atoms with E-state index in [9.17, 15) is 0 Å². The van der Waals surface area contributed by atoms with Crippen molar-refractivity contribution in [3.63, 3.8) is 0 Å². The van der Waals surface area contributed by atoms with Gasteiger partial charge in [-0.25, -0.2) is 0 Å². The number of hydrogen-bond acceptors (Lipinski definition) is 4. The van der Waals surface area contributed by atoms with Crippen LogP contribution in [0.15, 0.2) is 47.6 Å². The molecular weight excluding hydrogens is 312 g/mol. The Balaban J connectivity index is 2.23. The van der Waals surface area contributed by atoms with Crippen molar-refractivity contribution in [3.8, 4) is 11.5 Å². The number of benzene rings is 2. The lowest BCUT2D eigenvalue weighted by atomic mass is 10.2. The number of hydrazone groups is 1. The van der Waals surface area contributed by atoms with Crippen molar-refractivity contribution in [1.82, 2.24) is 0 Å². The Bertz CT molecular complexity index is 672. The molecule has 0 N–H and O–H groups in total. The Morgan fingerprint density at radius 2 is 1.87 bits per heavy atom. The van der Waals surface area contributed by atoms with Crippen molar-refractivity contribution in [3.05, 3.63) is 53.1 Å². The number of nitrogens with zero attached hydrogens (tertiary/aromatic N) is 2. The molecule has 23 heavy (non-hydrogen) atoms. The van der Waals surface area contributed by atoms with E-state index >= 15 is 0 Å². The molecule has 0 aliphatic heterocycles. The van der Waals surface area contributed by atoms with E-state index in [-0.39, 0.29) is 6.10 Å². The minimum atomic E-state index is 0.0186. The first-order valence-corrected chi connectivity index (χ1v) is 7.76. The van der Waals surface area contributed by atoms with Crippen LogP contribution in [0.2, 0.25) is 5.02 Å².